The first kappa shape index (κ1) is 22.2. The first-order valence-electron chi connectivity index (χ1n) is 11.5. The normalized spacial score (nSPS) is 11.4. The van der Waals surface area contributed by atoms with Crippen LogP contribution in [0.5, 0.6) is 5.75 Å². The van der Waals surface area contributed by atoms with Crippen molar-refractivity contribution in [2.24, 2.45) is 0 Å². The third-order valence-corrected chi connectivity index (χ3v) is 6.76. The SMILES string of the molecule is CCCOc1ccc(Sc2ccc(C)c(-n3cnc4ncncc43)c2)cc1-n1cnc2ncncc21. The minimum absolute atomic E-state index is 0.631. The number of aryl methyl sites for hydroxylation is 1. The summed E-state index contributed by atoms with van der Waals surface area (Å²) < 4.78 is 10.1. The molecule has 0 fully saturated rings. The van der Waals surface area contributed by atoms with Gasteiger partial charge in [0.05, 0.1) is 30.4 Å². The van der Waals surface area contributed by atoms with Crippen molar-refractivity contribution in [3.05, 3.63) is 79.7 Å². The average Bonchev–Trinajstić information content (AvgIpc) is 3.54. The fourth-order valence-corrected chi connectivity index (χ4v) is 4.92. The number of ether oxygens (including phenoxy) is 1. The van der Waals surface area contributed by atoms with Crippen LogP contribution in [0.25, 0.3) is 33.7 Å². The molecule has 4 heterocycles. The van der Waals surface area contributed by atoms with Gasteiger partial charge < -0.3 is 4.74 Å². The first-order chi connectivity index (χ1) is 17.7. The quantitative estimate of drug-likeness (QED) is 0.299. The van der Waals surface area contributed by atoms with E-state index < -0.39 is 0 Å². The Morgan fingerprint density at radius 3 is 2.06 bits per heavy atom. The summed E-state index contributed by atoms with van der Waals surface area (Å²) in [4.78, 5) is 27.9. The van der Waals surface area contributed by atoms with Gasteiger partial charge in [0.25, 0.3) is 0 Å². The molecule has 0 saturated carbocycles. The van der Waals surface area contributed by atoms with Gasteiger partial charge in [0.1, 0.15) is 42.1 Å². The Kier molecular flexibility index (Phi) is 5.78. The highest BCUT2D eigenvalue weighted by molar-refractivity contribution is 7.99. The van der Waals surface area contributed by atoms with Crippen molar-refractivity contribution in [2.75, 3.05) is 6.61 Å². The maximum Gasteiger partial charge on any atom is 0.181 e. The van der Waals surface area contributed by atoms with E-state index in [0.717, 1.165) is 49.9 Å². The van der Waals surface area contributed by atoms with E-state index in [4.69, 9.17) is 4.74 Å². The Bertz CT molecular complexity index is 1690. The number of rotatable bonds is 7. The van der Waals surface area contributed by atoms with Gasteiger partial charge in [0.15, 0.2) is 11.3 Å². The summed E-state index contributed by atoms with van der Waals surface area (Å²) in [6.45, 7) is 4.81. The molecule has 2 aromatic carbocycles. The molecule has 0 saturated heterocycles. The summed E-state index contributed by atoms with van der Waals surface area (Å²) >= 11 is 1.68. The lowest BCUT2D eigenvalue weighted by Crippen LogP contribution is -2.02. The zero-order chi connectivity index (χ0) is 24.5. The lowest BCUT2D eigenvalue weighted by Gasteiger charge is -2.15. The second-order valence-electron chi connectivity index (χ2n) is 8.22. The van der Waals surface area contributed by atoms with E-state index in [-0.39, 0.29) is 0 Å². The maximum atomic E-state index is 6.07. The molecule has 0 aliphatic heterocycles. The van der Waals surface area contributed by atoms with E-state index in [0.29, 0.717) is 17.9 Å². The van der Waals surface area contributed by atoms with Gasteiger partial charge in [-0.3, -0.25) is 9.13 Å². The monoisotopic (exact) mass is 494 g/mol. The molecule has 6 rings (SSSR count). The average molecular weight is 495 g/mol. The molecule has 0 atom stereocenters. The topological polar surface area (TPSA) is 96.4 Å². The molecular weight excluding hydrogens is 472 g/mol. The van der Waals surface area contributed by atoms with Gasteiger partial charge in [-0.05, 0) is 49.2 Å². The van der Waals surface area contributed by atoms with E-state index in [2.05, 4.69) is 74.1 Å². The Labute approximate surface area is 211 Å². The largest absolute Gasteiger partial charge is 0.491 e. The van der Waals surface area contributed by atoms with Gasteiger partial charge in [0, 0.05) is 9.79 Å². The van der Waals surface area contributed by atoms with Crippen LogP contribution in [-0.4, -0.2) is 45.6 Å². The molecule has 36 heavy (non-hydrogen) atoms. The highest BCUT2D eigenvalue weighted by Crippen LogP contribution is 2.36. The van der Waals surface area contributed by atoms with Crippen LogP contribution in [0.15, 0.2) is 83.9 Å². The number of aromatic nitrogens is 8. The molecule has 0 aliphatic rings. The molecule has 6 aromatic rings. The standard InChI is InChI=1S/C26H22N8OS/c1-3-8-35-24-7-6-19(10-21(24)34-16-32-26-23(34)12-28-14-30-26)36-18-5-4-17(2)20(9-18)33-15-31-25-22(33)11-27-13-29-25/h4-7,9-16H,3,8H2,1-2H3. The van der Waals surface area contributed by atoms with Crippen LogP contribution in [0.2, 0.25) is 0 Å². The minimum atomic E-state index is 0.631. The summed E-state index contributed by atoms with van der Waals surface area (Å²) in [6, 6.07) is 12.6. The van der Waals surface area contributed by atoms with Crippen molar-refractivity contribution >= 4 is 34.1 Å². The predicted octanol–water partition coefficient (Wildman–Crippen LogP) is 5.19. The molecule has 0 bridgehead atoms. The van der Waals surface area contributed by atoms with Gasteiger partial charge in [-0.25, -0.2) is 29.9 Å². The summed E-state index contributed by atoms with van der Waals surface area (Å²) in [5.74, 6) is 0.791. The smallest absolute Gasteiger partial charge is 0.181 e. The molecule has 0 aliphatic carbocycles. The zero-order valence-corrected chi connectivity index (χ0v) is 20.6. The second kappa shape index (κ2) is 9.38. The molecule has 9 nitrogen and oxygen atoms in total. The Hall–Kier alpha value is -4.31. The van der Waals surface area contributed by atoms with Crippen molar-refractivity contribution in [3.63, 3.8) is 0 Å². The lowest BCUT2D eigenvalue weighted by molar-refractivity contribution is 0.316. The fourth-order valence-electron chi connectivity index (χ4n) is 4.03. The third-order valence-electron chi connectivity index (χ3n) is 5.78. The second-order valence-corrected chi connectivity index (χ2v) is 9.37. The Morgan fingerprint density at radius 2 is 1.39 bits per heavy atom. The number of nitrogens with zero attached hydrogens (tertiary/aromatic N) is 8. The maximum absolute atomic E-state index is 6.07. The summed E-state index contributed by atoms with van der Waals surface area (Å²) in [5.41, 5.74) is 6.09. The number of imidazole rings is 2. The fraction of sp³-hybridized carbons (Fsp3) is 0.154. The van der Waals surface area contributed by atoms with Crippen LogP contribution in [0.4, 0.5) is 0 Å². The van der Waals surface area contributed by atoms with Gasteiger partial charge in [-0.1, -0.05) is 24.8 Å². The number of hydrogen-bond acceptors (Lipinski definition) is 8. The Morgan fingerprint density at radius 1 is 0.778 bits per heavy atom. The van der Waals surface area contributed by atoms with E-state index in [1.54, 1.807) is 36.8 Å². The molecule has 10 heteroatoms. The Balaban J connectivity index is 1.39. The summed E-state index contributed by atoms with van der Waals surface area (Å²) in [6.07, 6.45) is 11.0. The van der Waals surface area contributed by atoms with Crippen LogP contribution < -0.4 is 4.74 Å². The van der Waals surface area contributed by atoms with Gasteiger partial charge >= 0.3 is 0 Å². The van der Waals surface area contributed by atoms with Crippen molar-refractivity contribution in [3.8, 4) is 17.1 Å². The molecule has 0 radical (unpaired) electrons. The minimum Gasteiger partial charge on any atom is -0.491 e. The lowest BCUT2D eigenvalue weighted by atomic mass is 10.2. The van der Waals surface area contributed by atoms with E-state index in [1.165, 1.54) is 12.7 Å². The van der Waals surface area contributed by atoms with Gasteiger partial charge in [-0.2, -0.15) is 0 Å². The number of hydrogen-bond donors (Lipinski definition) is 0. The summed E-state index contributed by atoms with van der Waals surface area (Å²) in [7, 11) is 0. The van der Waals surface area contributed by atoms with E-state index in [9.17, 15) is 0 Å². The van der Waals surface area contributed by atoms with Gasteiger partial charge in [0.2, 0.25) is 0 Å². The molecule has 0 spiro atoms. The number of benzene rings is 2. The zero-order valence-electron chi connectivity index (χ0n) is 19.7. The molecule has 0 amide bonds. The van der Waals surface area contributed by atoms with Crippen LogP contribution in [0.1, 0.15) is 18.9 Å². The molecule has 0 unspecified atom stereocenters. The third kappa shape index (κ3) is 4.05. The van der Waals surface area contributed by atoms with E-state index in [1.807, 2.05) is 15.2 Å². The van der Waals surface area contributed by atoms with Crippen LogP contribution in [-0.2, 0) is 0 Å². The van der Waals surface area contributed by atoms with Crippen molar-refractivity contribution in [2.45, 2.75) is 30.1 Å². The van der Waals surface area contributed by atoms with E-state index >= 15 is 0 Å². The predicted molar refractivity (Wildman–Crippen MR) is 138 cm³/mol. The van der Waals surface area contributed by atoms with Crippen molar-refractivity contribution in [1.29, 1.82) is 0 Å². The summed E-state index contributed by atoms with van der Waals surface area (Å²) in [5, 5.41) is 0. The van der Waals surface area contributed by atoms with Crippen molar-refractivity contribution in [1.82, 2.24) is 39.0 Å². The van der Waals surface area contributed by atoms with Crippen molar-refractivity contribution < 1.29 is 4.74 Å². The van der Waals surface area contributed by atoms with Crippen LogP contribution in [0, 0.1) is 6.92 Å². The number of fused-ring (bicyclic) bond motifs is 2. The molecule has 178 valence electrons. The highest BCUT2D eigenvalue weighted by atomic mass is 32.2. The van der Waals surface area contributed by atoms with Crippen LogP contribution >= 0.6 is 11.8 Å². The molecule has 0 N–H and O–H groups in total. The highest BCUT2D eigenvalue weighted by Gasteiger charge is 2.14. The molecular formula is C26H22N8OS. The van der Waals surface area contributed by atoms with Crippen LogP contribution in [0.3, 0.4) is 0 Å². The molecule has 4 aromatic heterocycles. The first-order valence-corrected chi connectivity index (χ1v) is 12.3. The van der Waals surface area contributed by atoms with Gasteiger partial charge in [-0.15, -0.1) is 0 Å².